The summed E-state index contributed by atoms with van der Waals surface area (Å²) in [5, 5.41) is 4.43. The van der Waals surface area contributed by atoms with Gasteiger partial charge in [-0.15, -0.1) is 0 Å². The molecular weight excluding hydrogens is 386 g/mol. The molecule has 0 heterocycles. The third-order valence-corrected chi connectivity index (χ3v) is 6.17. The topological polar surface area (TPSA) is 122 Å². The van der Waals surface area contributed by atoms with Gasteiger partial charge in [-0.25, -0.2) is 18.0 Å². The Kier molecular flexibility index (Phi) is 8.58. The molecule has 1 atom stereocenters. The minimum Gasteiger partial charge on any atom is -0.449 e. The third-order valence-electron chi connectivity index (χ3n) is 3.97. The molecule has 156 valence electrons. The van der Waals surface area contributed by atoms with Crippen LogP contribution in [0, 0.1) is 6.92 Å². The summed E-state index contributed by atoms with van der Waals surface area (Å²) in [7, 11) is -3.76. The number of hydrogen-bond acceptors (Lipinski definition) is 6. The average molecular weight is 413 g/mol. The summed E-state index contributed by atoms with van der Waals surface area (Å²) in [6.07, 6.45) is -1.24. The predicted octanol–water partition coefficient (Wildman–Crippen LogP) is 1.42. The molecule has 9 nitrogen and oxygen atoms in total. The zero-order valence-corrected chi connectivity index (χ0v) is 17.6. The monoisotopic (exact) mass is 413 g/mol. The van der Waals surface area contributed by atoms with Crippen LogP contribution in [0.3, 0.4) is 0 Å². The number of carbonyl (C=O) groups excluding carboxylic acids is 3. The SMILES string of the molecule is CCNC(=O)NC(=O)[C@H](C)OC(=O)c1ccc(C)c(S(=O)(=O)N(CC)CC)c1. The fourth-order valence-corrected chi connectivity index (χ4v) is 4.12. The highest BCUT2D eigenvalue weighted by atomic mass is 32.2. The van der Waals surface area contributed by atoms with Crippen molar-refractivity contribution in [3.63, 3.8) is 0 Å². The number of imide groups is 1. The van der Waals surface area contributed by atoms with Gasteiger partial charge >= 0.3 is 12.0 Å². The molecule has 0 aromatic heterocycles. The van der Waals surface area contributed by atoms with Gasteiger partial charge in [-0.2, -0.15) is 4.31 Å². The van der Waals surface area contributed by atoms with Gasteiger partial charge in [0.05, 0.1) is 10.5 Å². The van der Waals surface area contributed by atoms with Crippen molar-refractivity contribution in [3.8, 4) is 0 Å². The van der Waals surface area contributed by atoms with Crippen LogP contribution in [0.15, 0.2) is 23.1 Å². The van der Waals surface area contributed by atoms with Gasteiger partial charge in [-0.3, -0.25) is 10.1 Å². The normalized spacial score (nSPS) is 12.4. The van der Waals surface area contributed by atoms with Crippen molar-refractivity contribution in [2.45, 2.75) is 45.6 Å². The van der Waals surface area contributed by atoms with Gasteiger partial charge < -0.3 is 10.1 Å². The van der Waals surface area contributed by atoms with Crippen LogP contribution >= 0.6 is 0 Å². The molecule has 10 heteroatoms. The number of hydrogen-bond donors (Lipinski definition) is 2. The van der Waals surface area contributed by atoms with Gasteiger partial charge in [0, 0.05) is 19.6 Å². The maximum Gasteiger partial charge on any atom is 0.338 e. The second-order valence-corrected chi connectivity index (χ2v) is 7.87. The molecule has 0 aliphatic heterocycles. The number of esters is 1. The number of carbonyl (C=O) groups is 3. The van der Waals surface area contributed by atoms with Crippen molar-refractivity contribution in [2.75, 3.05) is 19.6 Å². The lowest BCUT2D eigenvalue weighted by molar-refractivity contribution is -0.127. The van der Waals surface area contributed by atoms with Crippen LogP contribution in [0.4, 0.5) is 4.79 Å². The van der Waals surface area contributed by atoms with Crippen LogP contribution in [0.5, 0.6) is 0 Å². The van der Waals surface area contributed by atoms with Gasteiger partial charge in [-0.1, -0.05) is 19.9 Å². The molecule has 0 aliphatic carbocycles. The largest absolute Gasteiger partial charge is 0.449 e. The molecule has 1 aromatic carbocycles. The fourth-order valence-electron chi connectivity index (χ4n) is 2.41. The molecule has 0 spiro atoms. The summed E-state index contributed by atoms with van der Waals surface area (Å²) in [5.74, 6) is -1.66. The van der Waals surface area contributed by atoms with Gasteiger partial charge in [0.15, 0.2) is 6.10 Å². The molecule has 3 amide bonds. The second-order valence-electron chi connectivity index (χ2n) is 5.97. The van der Waals surface area contributed by atoms with Gasteiger partial charge in [0.2, 0.25) is 10.0 Å². The van der Waals surface area contributed by atoms with E-state index in [9.17, 15) is 22.8 Å². The Labute approximate surface area is 165 Å². The Morgan fingerprint density at radius 3 is 2.29 bits per heavy atom. The smallest absolute Gasteiger partial charge is 0.338 e. The molecule has 0 fully saturated rings. The number of sulfonamides is 1. The van der Waals surface area contributed by atoms with E-state index >= 15 is 0 Å². The highest BCUT2D eigenvalue weighted by Crippen LogP contribution is 2.22. The molecular formula is C18H27N3O6S. The van der Waals surface area contributed by atoms with E-state index < -0.39 is 34.0 Å². The first-order chi connectivity index (χ1) is 13.1. The van der Waals surface area contributed by atoms with Crippen LogP contribution in [0.2, 0.25) is 0 Å². The molecule has 0 bridgehead atoms. The highest BCUT2D eigenvalue weighted by Gasteiger charge is 2.26. The molecule has 0 saturated carbocycles. The van der Waals surface area contributed by atoms with Crippen molar-refractivity contribution in [1.82, 2.24) is 14.9 Å². The maximum atomic E-state index is 12.8. The van der Waals surface area contributed by atoms with E-state index in [0.29, 0.717) is 25.2 Å². The molecule has 0 aliphatic rings. The molecule has 2 N–H and O–H groups in total. The molecule has 0 radical (unpaired) electrons. The Hall–Kier alpha value is -2.46. The summed E-state index contributed by atoms with van der Waals surface area (Å²) in [5.41, 5.74) is 0.486. The first-order valence-electron chi connectivity index (χ1n) is 8.98. The summed E-state index contributed by atoms with van der Waals surface area (Å²) < 4.78 is 31.9. The first-order valence-corrected chi connectivity index (χ1v) is 10.4. The lowest BCUT2D eigenvalue weighted by Gasteiger charge is -2.20. The zero-order valence-electron chi connectivity index (χ0n) is 16.7. The summed E-state index contributed by atoms with van der Waals surface area (Å²) in [4.78, 5) is 35.6. The number of urea groups is 1. The fraction of sp³-hybridized carbons (Fsp3) is 0.500. The second kappa shape index (κ2) is 10.2. The molecule has 1 aromatic rings. The van der Waals surface area contributed by atoms with Crippen LogP contribution in [0.1, 0.15) is 43.6 Å². The number of aryl methyl sites for hydroxylation is 1. The Bertz CT molecular complexity index is 834. The van der Waals surface area contributed by atoms with Crippen LogP contribution in [0.25, 0.3) is 0 Å². The van der Waals surface area contributed by atoms with Gasteiger partial charge in [0.25, 0.3) is 5.91 Å². The van der Waals surface area contributed by atoms with E-state index in [2.05, 4.69) is 5.32 Å². The number of rotatable bonds is 8. The molecule has 1 rings (SSSR count). The van der Waals surface area contributed by atoms with E-state index in [0.717, 1.165) is 0 Å². The van der Waals surface area contributed by atoms with Crippen molar-refractivity contribution in [1.29, 1.82) is 0 Å². The minimum atomic E-state index is -3.76. The van der Waals surface area contributed by atoms with Crippen LogP contribution < -0.4 is 10.6 Å². The summed E-state index contributed by atoms with van der Waals surface area (Å²) in [6.45, 7) is 9.01. The number of nitrogens with zero attached hydrogens (tertiary/aromatic N) is 1. The Morgan fingerprint density at radius 1 is 1.14 bits per heavy atom. The predicted molar refractivity (Wildman–Crippen MR) is 103 cm³/mol. The number of amides is 3. The third kappa shape index (κ3) is 5.77. The Morgan fingerprint density at radius 2 is 1.75 bits per heavy atom. The summed E-state index contributed by atoms with van der Waals surface area (Å²) >= 11 is 0. The Balaban J connectivity index is 3.02. The van der Waals surface area contributed by atoms with Crippen molar-refractivity contribution >= 4 is 27.9 Å². The van der Waals surface area contributed by atoms with E-state index in [-0.39, 0.29) is 10.5 Å². The van der Waals surface area contributed by atoms with Gasteiger partial charge in [-0.05, 0) is 38.5 Å². The number of benzene rings is 1. The summed E-state index contributed by atoms with van der Waals surface area (Å²) in [6, 6.07) is 3.47. The van der Waals surface area contributed by atoms with E-state index in [1.54, 1.807) is 27.7 Å². The highest BCUT2D eigenvalue weighted by molar-refractivity contribution is 7.89. The maximum absolute atomic E-state index is 12.8. The molecule has 0 saturated heterocycles. The van der Waals surface area contributed by atoms with E-state index in [1.165, 1.54) is 29.4 Å². The first kappa shape index (κ1) is 23.6. The van der Waals surface area contributed by atoms with Crippen molar-refractivity contribution in [2.24, 2.45) is 0 Å². The zero-order chi connectivity index (χ0) is 21.5. The molecule has 0 unspecified atom stereocenters. The van der Waals surface area contributed by atoms with Crippen LogP contribution in [-0.2, 0) is 19.6 Å². The van der Waals surface area contributed by atoms with Crippen molar-refractivity contribution < 1.29 is 27.5 Å². The molecule has 28 heavy (non-hydrogen) atoms. The van der Waals surface area contributed by atoms with Crippen molar-refractivity contribution in [3.05, 3.63) is 29.3 Å². The van der Waals surface area contributed by atoms with E-state index in [1.807, 2.05) is 5.32 Å². The number of nitrogens with one attached hydrogen (secondary N) is 2. The lowest BCUT2D eigenvalue weighted by Crippen LogP contribution is -2.44. The number of ether oxygens (including phenoxy) is 1. The standard InChI is InChI=1S/C18H27N3O6S/c1-6-19-18(24)20-16(22)13(5)27-17(23)14-10-9-12(4)15(11-14)28(25,26)21(7-2)8-3/h9-11,13H,6-8H2,1-5H3,(H2,19,20,22,24)/t13-/m0/s1. The lowest BCUT2D eigenvalue weighted by atomic mass is 10.1. The average Bonchev–Trinajstić information content (AvgIpc) is 2.62. The quantitative estimate of drug-likeness (QED) is 0.622. The van der Waals surface area contributed by atoms with Gasteiger partial charge in [0.1, 0.15) is 0 Å². The minimum absolute atomic E-state index is 0.00470. The van der Waals surface area contributed by atoms with Crippen LogP contribution in [-0.4, -0.2) is 56.4 Å². The van der Waals surface area contributed by atoms with E-state index in [4.69, 9.17) is 4.74 Å².